The van der Waals surface area contributed by atoms with Crippen molar-refractivity contribution in [2.75, 3.05) is 0 Å². The quantitative estimate of drug-likeness (QED) is 0.622. The molecule has 0 heteroatoms. The van der Waals surface area contributed by atoms with Crippen LogP contribution in [0.25, 0.3) is 0 Å². The smallest absolute Gasteiger partial charge is 0.0124 e. The van der Waals surface area contributed by atoms with E-state index >= 15 is 0 Å². The van der Waals surface area contributed by atoms with Gasteiger partial charge >= 0.3 is 0 Å². The van der Waals surface area contributed by atoms with Gasteiger partial charge in [-0.15, -0.1) is 6.58 Å². The predicted octanol–water partition coefficient (Wildman–Crippen LogP) is 5.69. The molecule has 0 saturated carbocycles. The monoisotopic (exact) mass is 264 g/mol. The zero-order valence-electron chi connectivity index (χ0n) is 12.8. The van der Waals surface area contributed by atoms with Crippen LogP contribution in [0.15, 0.2) is 67.3 Å². The zero-order valence-corrected chi connectivity index (χ0v) is 12.8. The molecular formula is C20H24. The van der Waals surface area contributed by atoms with E-state index in [-0.39, 0.29) is 5.41 Å². The Morgan fingerprint density at radius 1 is 0.900 bits per heavy atom. The molecule has 20 heavy (non-hydrogen) atoms. The molecule has 0 radical (unpaired) electrons. The van der Waals surface area contributed by atoms with E-state index in [9.17, 15) is 0 Å². The lowest BCUT2D eigenvalue weighted by molar-refractivity contribution is 0.589. The maximum atomic E-state index is 3.91. The Morgan fingerprint density at radius 2 is 1.45 bits per heavy atom. The molecule has 0 saturated heterocycles. The largest absolute Gasteiger partial charge is 0.103 e. The molecule has 104 valence electrons. The fourth-order valence-corrected chi connectivity index (χ4v) is 2.53. The Balaban J connectivity index is 2.33. The van der Waals surface area contributed by atoms with Gasteiger partial charge in [-0.05, 0) is 28.5 Å². The summed E-state index contributed by atoms with van der Waals surface area (Å²) in [5.41, 5.74) is 4.31. The molecular weight excluding hydrogens is 240 g/mol. The van der Waals surface area contributed by atoms with Gasteiger partial charge in [0, 0.05) is 5.92 Å². The van der Waals surface area contributed by atoms with Gasteiger partial charge in [-0.1, -0.05) is 81.4 Å². The van der Waals surface area contributed by atoms with Crippen molar-refractivity contribution in [3.8, 4) is 0 Å². The highest BCUT2D eigenvalue weighted by Crippen LogP contribution is 2.30. The molecule has 0 aliphatic rings. The third kappa shape index (κ3) is 3.39. The summed E-state index contributed by atoms with van der Waals surface area (Å²) in [7, 11) is 0. The summed E-state index contributed by atoms with van der Waals surface area (Å²) in [6, 6.07) is 19.7. The van der Waals surface area contributed by atoms with Crippen LogP contribution in [0, 0.1) is 0 Å². The SMILES string of the molecule is C=CCC(c1ccccc1)c1ccc(C(C)(C)C)cc1. The van der Waals surface area contributed by atoms with Crippen molar-refractivity contribution in [3.63, 3.8) is 0 Å². The van der Waals surface area contributed by atoms with Crippen molar-refractivity contribution in [1.82, 2.24) is 0 Å². The van der Waals surface area contributed by atoms with Crippen molar-refractivity contribution in [1.29, 1.82) is 0 Å². The predicted molar refractivity (Wildman–Crippen MR) is 88.2 cm³/mol. The van der Waals surface area contributed by atoms with E-state index in [2.05, 4.69) is 81.9 Å². The molecule has 0 nitrogen and oxygen atoms in total. The van der Waals surface area contributed by atoms with E-state index in [1.807, 2.05) is 6.08 Å². The number of hydrogen-bond acceptors (Lipinski definition) is 0. The lowest BCUT2D eigenvalue weighted by Crippen LogP contribution is -2.11. The number of hydrogen-bond donors (Lipinski definition) is 0. The van der Waals surface area contributed by atoms with Crippen molar-refractivity contribution in [2.45, 2.75) is 38.5 Å². The van der Waals surface area contributed by atoms with Gasteiger partial charge in [0.2, 0.25) is 0 Å². The Kier molecular flexibility index (Phi) is 4.44. The molecule has 2 rings (SSSR count). The molecule has 0 aliphatic carbocycles. The van der Waals surface area contributed by atoms with E-state index in [1.54, 1.807) is 0 Å². The van der Waals surface area contributed by atoms with Crippen LogP contribution in [0.2, 0.25) is 0 Å². The summed E-state index contributed by atoms with van der Waals surface area (Å²) in [6.07, 6.45) is 2.98. The molecule has 2 aromatic rings. The molecule has 0 spiro atoms. The van der Waals surface area contributed by atoms with Gasteiger partial charge < -0.3 is 0 Å². The Labute approximate surface area is 123 Å². The van der Waals surface area contributed by atoms with Crippen LogP contribution >= 0.6 is 0 Å². The van der Waals surface area contributed by atoms with Gasteiger partial charge in [0.1, 0.15) is 0 Å². The molecule has 0 amide bonds. The van der Waals surface area contributed by atoms with Gasteiger partial charge in [-0.3, -0.25) is 0 Å². The lowest BCUT2D eigenvalue weighted by Gasteiger charge is -2.21. The first-order valence-electron chi connectivity index (χ1n) is 7.28. The highest BCUT2D eigenvalue weighted by molar-refractivity contribution is 5.36. The minimum absolute atomic E-state index is 0.208. The first-order chi connectivity index (χ1) is 9.52. The summed E-state index contributed by atoms with van der Waals surface area (Å²) in [5.74, 6) is 0.405. The van der Waals surface area contributed by atoms with Crippen LogP contribution in [0.4, 0.5) is 0 Å². The first-order valence-corrected chi connectivity index (χ1v) is 7.28. The van der Waals surface area contributed by atoms with Gasteiger partial charge in [-0.2, -0.15) is 0 Å². The summed E-state index contributed by atoms with van der Waals surface area (Å²) in [5, 5.41) is 0. The van der Waals surface area contributed by atoms with Gasteiger partial charge in [0.15, 0.2) is 0 Å². The average Bonchev–Trinajstić information content (AvgIpc) is 2.45. The molecule has 2 aromatic carbocycles. The van der Waals surface area contributed by atoms with Crippen molar-refractivity contribution in [2.24, 2.45) is 0 Å². The molecule has 1 unspecified atom stereocenters. The normalized spacial score (nSPS) is 12.9. The molecule has 0 heterocycles. The molecule has 0 aromatic heterocycles. The lowest BCUT2D eigenvalue weighted by atomic mass is 9.83. The Bertz CT molecular complexity index is 541. The highest BCUT2D eigenvalue weighted by Gasteiger charge is 2.16. The Hall–Kier alpha value is -1.82. The third-order valence-corrected chi connectivity index (χ3v) is 3.78. The van der Waals surface area contributed by atoms with Crippen molar-refractivity contribution < 1.29 is 0 Å². The van der Waals surface area contributed by atoms with Crippen LogP contribution in [0.5, 0.6) is 0 Å². The second kappa shape index (κ2) is 6.09. The van der Waals surface area contributed by atoms with E-state index in [0.717, 1.165) is 6.42 Å². The third-order valence-electron chi connectivity index (χ3n) is 3.78. The number of benzene rings is 2. The van der Waals surface area contributed by atoms with Gasteiger partial charge in [0.05, 0.1) is 0 Å². The van der Waals surface area contributed by atoms with Crippen LogP contribution in [0.3, 0.4) is 0 Å². The van der Waals surface area contributed by atoms with E-state index < -0.39 is 0 Å². The molecule has 1 atom stereocenters. The summed E-state index contributed by atoms with van der Waals surface area (Å²) >= 11 is 0. The maximum Gasteiger partial charge on any atom is 0.0124 e. The van der Waals surface area contributed by atoms with Gasteiger partial charge in [-0.25, -0.2) is 0 Å². The van der Waals surface area contributed by atoms with Crippen molar-refractivity contribution in [3.05, 3.63) is 83.9 Å². The topological polar surface area (TPSA) is 0 Å². The van der Waals surface area contributed by atoms with Crippen LogP contribution < -0.4 is 0 Å². The van der Waals surface area contributed by atoms with Crippen LogP contribution in [-0.2, 0) is 5.41 Å². The maximum absolute atomic E-state index is 3.91. The molecule has 0 bridgehead atoms. The zero-order chi connectivity index (χ0) is 14.6. The van der Waals surface area contributed by atoms with Crippen LogP contribution in [-0.4, -0.2) is 0 Å². The number of rotatable bonds is 4. The fraction of sp³-hybridized carbons (Fsp3) is 0.300. The summed E-state index contributed by atoms with van der Waals surface area (Å²) < 4.78 is 0. The summed E-state index contributed by atoms with van der Waals surface area (Å²) in [6.45, 7) is 10.7. The molecule has 0 aliphatic heterocycles. The fourth-order valence-electron chi connectivity index (χ4n) is 2.53. The molecule has 0 N–H and O–H groups in total. The Morgan fingerprint density at radius 3 is 1.95 bits per heavy atom. The minimum atomic E-state index is 0.208. The van der Waals surface area contributed by atoms with Crippen LogP contribution in [0.1, 0.15) is 49.8 Å². The standard InChI is InChI=1S/C20H24/c1-5-9-19(16-10-7-6-8-11-16)17-12-14-18(15-13-17)20(2,3)4/h5-8,10-15,19H,1,9H2,2-4H3. The second-order valence-corrected chi connectivity index (χ2v) is 6.36. The van der Waals surface area contributed by atoms with Gasteiger partial charge in [0.25, 0.3) is 0 Å². The van der Waals surface area contributed by atoms with E-state index in [1.165, 1.54) is 16.7 Å². The average molecular weight is 264 g/mol. The highest BCUT2D eigenvalue weighted by atomic mass is 14.2. The minimum Gasteiger partial charge on any atom is -0.103 e. The van der Waals surface area contributed by atoms with E-state index in [0.29, 0.717) is 5.92 Å². The second-order valence-electron chi connectivity index (χ2n) is 6.36. The van der Waals surface area contributed by atoms with E-state index in [4.69, 9.17) is 0 Å². The number of allylic oxidation sites excluding steroid dienone is 1. The molecule has 0 fully saturated rings. The summed E-state index contributed by atoms with van der Waals surface area (Å²) in [4.78, 5) is 0. The van der Waals surface area contributed by atoms with Crippen molar-refractivity contribution >= 4 is 0 Å². The first kappa shape index (κ1) is 14.6.